The van der Waals surface area contributed by atoms with Crippen LogP contribution in [0.1, 0.15) is 23.0 Å². The van der Waals surface area contributed by atoms with E-state index < -0.39 is 0 Å². The summed E-state index contributed by atoms with van der Waals surface area (Å²) in [7, 11) is 0. The summed E-state index contributed by atoms with van der Waals surface area (Å²) in [6.07, 6.45) is 1.53. The Bertz CT molecular complexity index is 1120. The Morgan fingerprint density at radius 1 is 0.938 bits per heavy atom. The second-order valence-corrected chi connectivity index (χ2v) is 8.47. The van der Waals surface area contributed by atoms with Crippen molar-refractivity contribution < 1.29 is 14.3 Å². The number of halogens is 2. The van der Waals surface area contributed by atoms with Crippen LogP contribution in [-0.4, -0.2) is 57.6 Å². The molecule has 0 unspecified atom stereocenters. The van der Waals surface area contributed by atoms with E-state index in [1.165, 1.54) is 17.8 Å². The molecule has 2 aromatic carbocycles. The van der Waals surface area contributed by atoms with E-state index in [0.717, 1.165) is 5.56 Å². The second-order valence-electron chi connectivity index (χ2n) is 7.60. The summed E-state index contributed by atoms with van der Waals surface area (Å²) in [6, 6.07) is 14.1. The Kier molecular flexibility index (Phi) is 6.79. The smallest absolute Gasteiger partial charge is 0.344 e. The van der Waals surface area contributed by atoms with Gasteiger partial charge in [0.1, 0.15) is 17.2 Å². The fourth-order valence-corrected chi connectivity index (χ4v) is 3.90. The molecule has 0 atom stereocenters. The summed E-state index contributed by atoms with van der Waals surface area (Å²) < 4.78 is 7.14. The standard InChI is InChI=1S/C23H22Cl2N4O3/c1-16(30)22-6-7-29(26-22)23(31)28-10-8-27(9-11-28)15-17-12-19(25)14-21(13-17)32-20-4-2-18(24)3-5-20/h2-7,12-14H,8-11,15H2,1H3. The van der Waals surface area contributed by atoms with Gasteiger partial charge in [0.05, 0.1) is 0 Å². The van der Waals surface area contributed by atoms with Gasteiger partial charge in [0.2, 0.25) is 0 Å². The van der Waals surface area contributed by atoms with Crippen molar-refractivity contribution >= 4 is 35.0 Å². The van der Waals surface area contributed by atoms with Crippen LogP contribution in [0, 0.1) is 0 Å². The lowest BCUT2D eigenvalue weighted by Gasteiger charge is -2.34. The van der Waals surface area contributed by atoms with Crippen LogP contribution < -0.4 is 4.74 Å². The third kappa shape index (κ3) is 5.48. The Morgan fingerprint density at radius 3 is 2.31 bits per heavy atom. The van der Waals surface area contributed by atoms with E-state index in [9.17, 15) is 9.59 Å². The van der Waals surface area contributed by atoms with Crippen LogP contribution in [0.15, 0.2) is 54.7 Å². The maximum atomic E-state index is 12.6. The number of benzene rings is 2. The number of carbonyl (C=O) groups is 2. The molecule has 3 aromatic rings. The molecule has 166 valence electrons. The molecule has 1 amide bonds. The molecule has 7 nitrogen and oxygen atoms in total. The van der Waals surface area contributed by atoms with Gasteiger partial charge in [-0.05, 0) is 54.1 Å². The monoisotopic (exact) mass is 472 g/mol. The Labute approximate surface area is 196 Å². The number of amides is 1. The van der Waals surface area contributed by atoms with Gasteiger partial charge in [-0.3, -0.25) is 9.69 Å². The van der Waals surface area contributed by atoms with E-state index >= 15 is 0 Å². The van der Waals surface area contributed by atoms with Crippen molar-refractivity contribution in [3.63, 3.8) is 0 Å². The van der Waals surface area contributed by atoms with Gasteiger partial charge in [-0.1, -0.05) is 23.2 Å². The molecule has 1 saturated heterocycles. The van der Waals surface area contributed by atoms with Crippen molar-refractivity contribution in [1.29, 1.82) is 0 Å². The molecule has 32 heavy (non-hydrogen) atoms. The first-order valence-electron chi connectivity index (χ1n) is 10.2. The van der Waals surface area contributed by atoms with Crippen LogP contribution in [0.5, 0.6) is 11.5 Å². The highest BCUT2D eigenvalue weighted by molar-refractivity contribution is 6.31. The van der Waals surface area contributed by atoms with Crippen molar-refractivity contribution in [2.24, 2.45) is 0 Å². The molecule has 4 rings (SSSR count). The third-order valence-electron chi connectivity index (χ3n) is 5.18. The first-order chi connectivity index (χ1) is 15.4. The highest BCUT2D eigenvalue weighted by atomic mass is 35.5. The highest BCUT2D eigenvalue weighted by Gasteiger charge is 2.23. The number of Topliss-reactive ketones (excluding diaryl/α,β-unsaturated/α-hetero) is 1. The predicted molar refractivity (Wildman–Crippen MR) is 123 cm³/mol. The zero-order chi connectivity index (χ0) is 22.7. The molecule has 0 spiro atoms. The molecule has 0 saturated carbocycles. The van der Waals surface area contributed by atoms with Crippen LogP contribution >= 0.6 is 23.2 Å². The topological polar surface area (TPSA) is 67.7 Å². The summed E-state index contributed by atoms with van der Waals surface area (Å²) in [5.74, 6) is 1.17. The van der Waals surface area contributed by atoms with Gasteiger partial charge < -0.3 is 9.64 Å². The molecular weight excluding hydrogens is 451 g/mol. The van der Waals surface area contributed by atoms with Crippen LogP contribution in [-0.2, 0) is 6.54 Å². The first kappa shape index (κ1) is 22.3. The zero-order valence-electron chi connectivity index (χ0n) is 17.5. The minimum absolute atomic E-state index is 0.165. The maximum Gasteiger partial charge on any atom is 0.344 e. The van der Waals surface area contributed by atoms with Gasteiger partial charge in [0, 0.05) is 55.9 Å². The third-order valence-corrected chi connectivity index (χ3v) is 5.65. The van der Waals surface area contributed by atoms with Crippen LogP contribution in [0.3, 0.4) is 0 Å². The molecule has 0 N–H and O–H groups in total. The van der Waals surface area contributed by atoms with Gasteiger partial charge in [-0.25, -0.2) is 4.79 Å². The van der Waals surface area contributed by atoms with Gasteiger partial charge in [0.15, 0.2) is 5.78 Å². The molecule has 1 aliphatic rings. The molecule has 9 heteroatoms. The van der Waals surface area contributed by atoms with E-state index in [1.807, 2.05) is 12.1 Å². The van der Waals surface area contributed by atoms with Crippen LogP contribution in [0.25, 0.3) is 0 Å². The van der Waals surface area contributed by atoms with Gasteiger partial charge >= 0.3 is 6.03 Å². The molecular formula is C23H22Cl2N4O3. The van der Waals surface area contributed by atoms with Gasteiger partial charge in [-0.2, -0.15) is 9.78 Å². The van der Waals surface area contributed by atoms with Crippen LogP contribution in [0.4, 0.5) is 4.79 Å². The Morgan fingerprint density at radius 2 is 1.66 bits per heavy atom. The molecule has 1 fully saturated rings. The summed E-state index contributed by atoms with van der Waals surface area (Å²) in [6.45, 7) is 4.69. The lowest BCUT2D eigenvalue weighted by Crippen LogP contribution is -2.49. The number of rotatable bonds is 5. The number of hydrogen-bond acceptors (Lipinski definition) is 5. The Balaban J connectivity index is 1.35. The lowest BCUT2D eigenvalue weighted by atomic mass is 10.2. The lowest BCUT2D eigenvalue weighted by molar-refractivity contribution is 0.101. The fraction of sp³-hybridized carbons (Fsp3) is 0.261. The highest BCUT2D eigenvalue weighted by Crippen LogP contribution is 2.28. The first-order valence-corrected chi connectivity index (χ1v) is 10.9. The van der Waals surface area contributed by atoms with Gasteiger partial charge in [-0.15, -0.1) is 0 Å². The average molecular weight is 473 g/mol. The summed E-state index contributed by atoms with van der Waals surface area (Å²) in [4.78, 5) is 28.0. The van der Waals surface area contributed by atoms with Crippen molar-refractivity contribution in [2.75, 3.05) is 26.2 Å². The molecule has 2 heterocycles. The fourth-order valence-electron chi connectivity index (χ4n) is 3.53. The minimum Gasteiger partial charge on any atom is -0.457 e. The quantitative estimate of drug-likeness (QED) is 0.490. The van der Waals surface area contributed by atoms with Crippen molar-refractivity contribution in [3.8, 4) is 11.5 Å². The van der Waals surface area contributed by atoms with E-state index in [-0.39, 0.29) is 17.5 Å². The second kappa shape index (κ2) is 9.73. The van der Waals surface area contributed by atoms with E-state index in [1.54, 1.807) is 41.3 Å². The number of ether oxygens (including phenoxy) is 1. The zero-order valence-corrected chi connectivity index (χ0v) is 19.0. The van der Waals surface area contributed by atoms with E-state index in [2.05, 4.69) is 10.00 Å². The summed E-state index contributed by atoms with van der Waals surface area (Å²) >= 11 is 12.2. The number of carbonyl (C=O) groups excluding carboxylic acids is 2. The van der Waals surface area contributed by atoms with E-state index in [0.29, 0.717) is 54.3 Å². The molecule has 1 aromatic heterocycles. The minimum atomic E-state index is -0.224. The number of ketones is 1. The Hall–Kier alpha value is -2.87. The molecule has 0 bridgehead atoms. The SMILES string of the molecule is CC(=O)c1ccn(C(=O)N2CCN(Cc3cc(Cl)cc(Oc4ccc(Cl)cc4)c3)CC2)n1. The summed E-state index contributed by atoms with van der Waals surface area (Å²) in [5, 5.41) is 5.30. The van der Waals surface area contributed by atoms with Crippen LogP contribution in [0.2, 0.25) is 10.0 Å². The maximum absolute atomic E-state index is 12.6. The number of aromatic nitrogens is 2. The van der Waals surface area contributed by atoms with Crippen molar-refractivity contribution in [2.45, 2.75) is 13.5 Å². The number of piperazine rings is 1. The average Bonchev–Trinajstić information content (AvgIpc) is 3.26. The van der Waals surface area contributed by atoms with E-state index in [4.69, 9.17) is 27.9 Å². The predicted octanol–water partition coefficient (Wildman–Crippen LogP) is 4.97. The van der Waals surface area contributed by atoms with Crippen molar-refractivity contribution in [1.82, 2.24) is 19.6 Å². The normalized spacial score (nSPS) is 14.4. The molecule has 0 radical (unpaired) electrons. The largest absolute Gasteiger partial charge is 0.457 e. The van der Waals surface area contributed by atoms with Gasteiger partial charge in [0.25, 0.3) is 0 Å². The van der Waals surface area contributed by atoms with Crippen molar-refractivity contribution in [3.05, 3.63) is 76.0 Å². The molecule has 1 aliphatic heterocycles. The number of hydrogen-bond donors (Lipinski definition) is 0. The molecule has 0 aliphatic carbocycles. The summed E-state index contributed by atoms with van der Waals surface area (Å²) in [5.41, 5.74) is 1.31. The number of nitrogens with zero attached hydrogens (tertiary/aromatic N) is 4.